The molecule has 0 spiro atoms. The zero-order valence-electron chi connectivity index (χ0n) is 18.8. The van der Waals surface area contributed by atoms with Gasteiger partial charge in [-0.3, -0.25) is 0 Å². The topological polar surface area (TPSA) is 68.1 Å². The second-order valence-corrected chi connectivity index (χ2v) is 9.63. The summed E-state index contributed by atoms with van der Waals surface area (Å²) in [5, 5.41) is 13.0. The van der Waals surface area contributed by atoms with Crippen LogP contribution in [0.2, 0.25) is 5.02 Å². The molecule has 1 aliphatic rings. The third-order valence-electron chi connectivity index (χ3n) is 5.52. The minimum absolute atomic E-state index is 0.332. The van der Waals surface area contributed by atoms with Gasteiger partial charge in [-0.2, -0.15) is 23.4 Å². The second-order valence-electron chi connectivity index (χ2n) is 8.08. The van der Waals surface area contributed by atoms with Crippen molar-refractivity contribution in [2.45, 2.75) is 22.5 Å². The van der Waals surface area contributed by atoms with E-state index < -0.39 is 17.3 Å². The van der Waals surface area contributed by atoms with E-state index in [-0.39, 0.29) is 0 Å². The molecular weight excluding hydrogens is 497 g/mol. The minimum atomic E-state index is -4.63. The average molecular weight is 519 g/mol. The van der Waals surface area contributed by atoms with Crippen molar-refractivity contribution >= 4 is 35.1 Å². The first-order valence-corrected chi connectivity index (χ1v) is 12.0. The number of likely N-dealkylation sites (N-methyl/N-ethyl adjacent to an activating group) is 1. The number of anilines is 2. The molecule has 0 radical (unpaired) electrons. The van der Waals surface area contributed by atoms with Gasteiger partial charge < -0.3 is 15.1 Å². The monoisotopic (exact) mass is 518 g/mol. The van der Waals surface area contributed by atoms with Crippen LogP contribution in [0.4, 0.5) is 24.9 Å². The van der Waals surface area contributed by atoms with Crippen molar-refractivity contribution in [2.75, 3.05) is 43.4 Å². The Balaban J connectivity index is 1.64. The maximum absolute atomic E-state index is 13.4. The fourth-order valence-corrected chi connectivity index (χ4v) is 4.70. The molecule has 1 aliphatic heterocycles. The number of halogens is 4. The van der Waals surface area contributed by atoms with Gasteiger partial charge in [0.05, 0.1) is 22.1 Å². The van der Waals surface area contributed by atoms with Crippen LogP contribution in [0.3, 0.4) is 0 Å². The van der Waals surface area contributed by atoms with Crippen molar-refractivity contribution in [1.82, 2.24) is 14.9 Å². The summed E-state index contributed by atoms with van der Waals surface area (Å²) in [5.74, 6) is 1.07. The fraction of sp³-hybridized carbons (Fsp3) is 0.292. The van der Waals surface area contributed by atoms with E-state index in [1.54, 1.807) is 18.3 Å². The average Bonchev–Trinajstić information content (AvgIpc) is 2.83. The maximum Gasteiger partial charge on any atom is 0.417 e. The zero-order chi connectivity index (χ0) is 25.0. The Kier molecular flexibility index (Phi) is 7.69. The number of nitrogens with one attached hydrogen (secondary N) is 1. The number of nitriles is 1. The molecule has 0 saturated carbocycles. The number of hydrogen-bond donors (Lipinski definition) is 1. The largest absolute Gasteiger partial charge is 0.417 e. The van der Waals surface area contributed by atoms with Gasteiger partial charge >= 0.3 is 6.18 Å². The number of hydrogen-bond acceptors (Lipinski definition) is 7. The van der Waals surface area contributed by atoms with Crippen molar-refractivity contribution in [3.05, 3.63) is 70.4 Å². The number of aromatic nitrogens is 2. The Labute approximate surface area is 210 Å². The minimum Gasteiger partial charge on any atom is -0.365 e. The van der Waals surface area contributed by atoms with Crippen LogP contribution >= 0.6 is 23.4 Å². The maximum atomic E-state index is 13.4. The van der Waals surface area contributed by atoms with Crippen molar-refractivity contribution < 1.29 is 13.2 Å². The summed E-state index contributed by atoms with van der Waals surface area (Å²) >= 11 is 7.21. The summed E-state index contributed by atoms with van der Waals surface area (Å²) in [6.45, 7) is 3.75. The SMILES string of the molecule is CN1CCN(c2ncc(Sc3ccc(C#N)c(C(F)(F)F)c3)c(NCc3cccc(Cl)c3)n2)CC1. The Hall–Kier alpha value is -3.00. The Morgan fingerprint density at radius 3 is 2.60 bits per heavy atom. The quantitative estimate of drug-likeness (QED) is 0.460. The van der Waals surface area contributed by atoms with Crippen LogP contribution in [-0.4, -0.2) is 48.1 Å². The van der Waals surface area contributed by atoms with Gasteiger partial charge in [-0.15, -0.1) is 0 Å². The van der Waals surface area contributed by atoms with Crippen molar-refractivity contribution in [3.8, 4) is 6.07 Å². The highest BCUT2D eigenvalue weighted by atomic mass is 35.5. The normalized spacial score (nSPS) is 14.6. The van der Waals surface area contributed by atoms with Crippen LogP contribution in [0.25, 0.3) is 0 Å². The third kappa shape index (κ3) is 6.36. The van der Waals surface area contributed by atoms with Gasteiger partial charge in [-0.25, -0.2) is 4.98 Å². The summed E-state index contributed by atoms with van der Waals surface area (Å²) < 4.78 is 40.3. The molecule has 0 atom stereocenters. The smallest absolute Gasteiger partial charge is 0.365 e. The van der Waals surface area contributed by atoms with Crippen LogP contribution in [0.15, 0.2) is 58.5 Å². The molecule has 1 aromatic heterocycles. The van der Waals surface area contributed by atoms with Crippen LogP contribution in [0.1, 0.15) is 16.7 Å². The van der Waals surface area contributed by atoms with E-state index in [4.69, 9.17) is 21.8 Å². The van der Waals surface area contributed by atoms with Gasteiger partial charge in [0, 0.05) is 48.8 Å². The van der Waals surface area contributed by atoms with Gasteiger partial charge in [0.1, 0.15) is 5.82 Å². The summed E-state index contributed by atoms with van der Waals surface area (Å²) in [4.78, 5) is 14.4. The fourth-order valence-electron chi connectivity index (χ4n) is 3.60. The summed E-state index contributed by atoms with van der Waals surface area (Å²) in [5.41, 5.74) is -0.442. The predicted molar refractivity (Wildman–Crippen MR) is 131 cm³/mol. The third-order valence-corrected chi connectivity index (χ3v) is 6.77. The lowest BCUT2D eigenvalue weighted by molar-refractivity contribution is -0.137. The molecule has 35 heavy (non-hydrogen) atoms. The number of nitrogens with zero attached hydrogens (tertiary/aromatic N) is 5. The molecule has 182 valence electrons. The van der Waals surface area contributed by atoms with Gasteiger partial charge in [0.15, 0.2) is 0 Å². The summed E-state index contributed by atoms with van der Waals surface area (Å²) in [7, 11) is 2.06. The molecule has 1 N–H and O–H groups in total. The molecule has 1 saturated heterocycles. The van der Waals surface area contributed by atoms with E-state index in [1.165, 1.54) is 12.1 Å². The standard InChI is InChI=1S/C24H22ClF3N6S/c1-33-7-9-34(10-8-33)23-31-15-21(22(32-23)30-14-16-3-2-4-18(25)11-16)35-19-6-5-17(13-29)20(12-19)24(26,27)28/h2-6,11-12,15H,7-10,14H2,1H3,(H,30,31,32). The molecule has 1 fully saturated rings. The molecule has 0 amide bonds. The predicted octanol–water partition coefficient (Wildman–Crippen LogP) is 5.54. The first-order valence-electron chi connectivity index (χ1n) is 10.8. The van der Waals surface area contributed by atoms with E-state index >= 15 is 0 Å². The first-order chi connectivity index (χ1) is 16.7. The molecule has 0 bridgehead atoms. The number of benzene rings is 2. The number of alkyl halides is 3. The molecule has 2 aromatic carbocycles. The molecule has 11 heteroatoms. The molecule has 4 rings (SSSR count). The van der Waals surface area contributed by atoms with Crippen molar-refractivity contribution in [3.63, 3.8) is 0 Å². The number of piperazine rings is 1. The molecular formula is C24H22ClF3N6S. The van der Waals surface area contributed by atoms with Crippen molar-refractivity contribution in [2.24, 2.45) is 0 Å². The van der Waals surface area contributed by atoms with E-state index in [2.05, 4.69) is 27.1 Å². The van der Waals surface area contributed by atoms with Gasteiger partial charge in [-0.05, 0) is 42.9 Å². The van der Waals surface area contributed by atoms with Crippen LogP contribution in [-0.2, 0) is 12.7 Å². The summed E-state index contributed by atoms with van der Waals surface area (Å²) in [6.07, 6.45) is -3.01. The Morgan fingerprint density at radius 1 is 1.14 bits per heavy atom. The zero-order valence-corrected chi connectivity index (χ0v) is 20.4. The van der Waals surface area contributed by atoms with Crippen LogP contribution < -0.4 is 10.2 Å². The molecule has 0 unspecified atom stereocenters. The van der Waals surface area contributed by atoms with E-state index in [0.717, 1.165) is 49.6 Å². The molecule has 0 aliphatic carbocycles. The lowest BCUT2D eigenvalue weighted by Gasteiger charge is -2.32. The highest BCUT2D eigenvalue weighted by molar-refractivity contribution is 7.99. The Morgan fingerprint density at radius 2 is 1.91 bits per heavy atom. The lowest BCUT2D eigenvalue weighted by Crippen LogP contribution is -2.45. The van der Waals surface area contributed by atoms with Crippen LogP contribution in [0, 0.1) is 11.3 Å². The highest BCUT2D eigenvalue weighted by Gasteiger charge is 2.34. The number of rotatable bonds is 6. The highest BCUT2D eigenvalue weighted by Crippen LogP contribution is 2.38. The van der Waals surface area contributed by atoms with E-state index in [1.807, 2.05) is 18.2 Å². The van der Waals surface area contributed by atoms with E-state index in [0.29, 0.717) is 33.1 Å². The Bertz CT molecular complexity index is 1240. The molecule has 6 nitrogen and oxygen atoms in total. The van der Waals surface area contributed by atoms with E-state index in [9.17, 15) is 13.2 Å². The van der Waals surface area contributed by atoms with Gasteiger partial charge in [0.25, 0.3) is 0 Å². The lowest BCUT2D eigenvalue weighted by atomic mass is 10.1. The first kappa shape index (κ1) is 25.1. The van der Waals surface area contributed by atoms with Crippen molar-refractivity contribution in [1.29, 1.82) is 5.26 Å². The van der Waals surface area contributed by atoms with Crippen LogP contribution in [0.5, 0.6) is 0 Å². The summed E-state index contributed by atoms with van der Waals surface area (Å²) in [6, 6.07) is 12.7. The molecule has 3 aromatic rings. The van der Waals surface area contributed by atoms with Gasteiger partial charge in [-0.1, -0.05) is 35.5 Å². The molecule has 2 heterocycles. The van der Waals surface area contributed by atoms with Gasteiger partial charge in [0.2, 0.25) is 5.95 Å². The second kappa shape index (κ2) is 10.7.